The second-order valence-corrected chi connectivity index (χ2v) is 11.7. The highest BCUT2D eigenvalue weighted by molar-refractivity contribution is 5.76. The van der Waals surface area contributed by atoms with Crippen LogP contribution in [0.1, 0.15) is 124 Å². The lowest BCUT2D eigenvalue weighted by Crippen LogP contribution is -2.46. The van der Waals surface area contributed by atoms with Crippen LogP contribution in [0.2, 0.25) is 0 Å². The molecule has 240 valence electrons. The average molecular weight is 587 g/mol. The van der Waals surface area contributed by atoms with Gasteiger partial charge in [0.2, 0.25) is 5.91 Å². The molecule has 0 saturated carbocycles. The van der Waals surface area contributed by atoms with Gasteiger partial charge in [-0.25, -0.2) is 0 Å². The van der Waals surface area contributed by atoms with Crippen LogP contribution in [0.5, 0.6) is 11.5 Å². The van der Waals surface area contributed by atoms with Gasteiger partial charge < -0.3 is 19.9 Å². The van der Waals surface area contributed by atoms with E-state index in [1.54, 1.807) is 0 Å². The molecule has 6 nitrogen and oxygen atoms in total. The van der Waals surface area contributed by atoms with Crippen LogP contribution in [0.25, 0.3) is 0 Å². The second kappa shape index (κ2) is 21.2. The summed E-state index contributed by atoms with van der Waals surface area (Å²) in [6, 6.07) is 15.3. The van der Waals surface area contributed by atoms with Crippen LogP contribution in [-0.4, -0.2) is 48.8 Å². The van der Waals surface area contributed by atoms with Crippen molar-refractivity contribution < 1.29 is 22.2 Å². The predicted octanol–water partition coefficient (Wildman–Crippen LogP) is 8.72. The molecule has 0 spiro atoms. The number of fused-ring (bicyclic) bond motifs is 1. The lowest BCUT2D eigenvalue weighted by atomic mass is 10.00. The maximum absolute atomic E-state index is 13.0. The SMILES string of the molecule is C.CCCCCCCCCCCCCCCC(=O)N[C@H](CN(C)Cc1ccccc1)[C@@H](O)c1ccc2c(c1)OCCO2.[HH].[HH]. The third-order valence-electron chi connectivity index (χ3n) is 7.95. The van der Waals surface area contributed by atoms with Gasteiger partial charge in [0.25, 0.3) is 0 Å². The number of nitrogens with one attached hydrogen (secondary N) is 1. The van der Waals surface area contributed by atoms with Gasteiger partial charge in [0, 0.05) is 22.4 Å². The fraction of sp³-hybridized carbons (Fsp3) is 0.639. The van der Waals surface area contributed by atoms with Crippen LogP contribution in [0.15, 0.2) is 48.5 Å². The minimum absolute atomic E-state index is 0. The molecule has 0 radical (unpaired) electrons. The van der Waals surface area contributed by atoms with Gasteiger partial charge in [0.1, 0.15) is 19.3 Å². The minimum atomic E-state index is -0.861. The molecule has 2 aromatic rings. The summed E-state index contributed by atoms with van der Waals surface area (Å²) >= 11 is 0. The van der Waals surface area contributed by atoms with Crippen molar-refractivity contribution in [2.24, 2.45) is 0 Å². The number of amides is 1. The van der Waals surface area contributed by atoms with Gasteiger partial charge in [0.05, 0.1) is 6.04 Å². The number of benzene rings is 2. The number of ether oxygens (including phenoxy) is 2. The van der Waals surface area contributed by atoms with Crippen molar-refractivity contribution in [1.82, 2.24) is 10.2 Å². The molecule has 0 unspecified atom stereocenters. The maximum Gasteiger partial charge on any atom is 0.220 e. The topological polar surface area (TPSA) is 71.0 Å². The van der Waals surface area contributed by atoms with Gasteiger partial charge in [-0.15, -0.1) is 0 Å². The first-order valence-corrected chi connectivity index (χ1v) is 16.2. The molecule has 0 fully saturated rings. The first-order chi connectivity index (χ1) is 20.1. The zero-order valence-electron chi connectivity index (χ0n) is 25.6. The zero-order chi connectivity index (χ0) is 29.1. The Morgan fingerprint density at radius 1 is 0.857 bits per heavy atom. The number of carbonyl (C=O) groups is 1. The molecule has 0 bridgehead atoms. The van der Waals surface area contributed by atoms with Gasteiger partial charge in [0.15, 0.2) is 11.5 Å². The summed E-state index contributed by atoms with van der Waals surface area (Å²) < 4.78 is 11.4. The van der Waals surface area contributed by atoms with Crippen molar-refractivity contribution >= 4 is 5.91 Å². The van der Waals surface area contributed by atoms with Crippen LogP contribution in [0, 0.1) is 0 Å². The first-order valence-electron chi connectivity index (χ1n) is 16.2. The second-order valence-electron chi connectivity index (χ2n) is 11.7. The summed E-state index contributed by atoms with van der Waals surface area (Å²) in [5.41, 5.74) is 1.91. The molecule has 3 rings (SSSR count). The van der Waals surface area contributed by atoms with Gasteiger partial charge >= 0.3 is 0 Å². The Kier molecular flexibility index (Phi) is 18.0. The third-order valence-corrected chi connectivity index (χ3v) is 7.95. The van der Waals surface area contributed by atoms with Gasteiger partial charge in [-0.05, 0) is 36.7 Å². The fourth-order valence-electron chi connectivity index (χ4n) is 5.58. The van der Waals surface area contributed by atoms with Gasteiger partial charge in [-0.1, -0.05) is 128 Å². The highest BCUT2D eigenvalue weighted by atomic mass is 16.6. The van der Waals surface area contributed by atoms with E-state index < -0.39 is 12.1 Å². The Hall–Kier alpha value is -2.57. The van der Waals surface area contributed by atoms with E-state index in [2.05, 4.69) is 29.3 Å². The lowest BCUT2D eigenvalue weighted by molar-refractivity contribution is -0.123. The predicted molar refractivity (Wildman–Crippen MR) is 178 cm³/mol. The van der Waals surface area contributed by atoms with E-state index >= 15 is 0 Å². The number of aliphatic hydroxyl groups is 1. The molecule has 42 heavy (non-hydrogen) atoms. The highest BCUT2D eigenvalue weighted by Crippen LogP contribution is 2.33. The van der Waals surface area contributed by atoms with E-state index in [-0.39, 0.29) is 16.2 Å². The van der Waals surface area contributed by atoms with E-state index in [1.165, 1.54) is 76.2 Å². The first kappa shape index (κ1) is 35.6. The molecule has 1 aliphatic rings. The number of nitrogens with zero attached hydrogens (tertiary/aromatic N) is 1. The van der Waals surface area contributed by atoms with Gasteiger partial charge in [-0.2, -0.15) is 0 Å². The molecule has 2 N–H and O–H groups in total. The minimum Gasteiger partial charge on any atom is -0.486 e. The number of hydrogen-bond donors (Lipinski definition) is 2. The van der Waals surface area contributed by atoms with Gasteiger partial charge in [-0.3, -0.25) is 9.69 Å². The standard InChI is InChI=1S/C35H54N2O4.CH4.2H2/c1-3-4-5-6-7-8-9-10-11-12-13-14-18-21-34(38)36-31(28-37(2)27-29-19-16-15-17-20-29)35(39)30-22-23-32-33(26-30)41-25-24-40-32;;;/h15-17,19-20,22-23,26,31,35,39H,3-14,18,21,24-25,27-28H2,1-2H3,(H,36,38);1H4;2*1H/t31-,35+;;;/m1.../s1. The number of likely N-dealkylation sites (N-methyl/N-ethyl adjacent to an activating group) is 1. The Balaban J connectivity index is 0.00000616. The average Bonchev–Trinajstić information content (AvgIpc) is 2.99. The Bertz CT molecular complexity index is 995. The summed E-state index contributed by atoms with van der Waals surface area (Å²) in [6.45, 7) is 4.54. The monoisotopic (exact) mass is 586 g/mol. The lowest BCUT2D eigenvalue weighted by Gasteiger charge is -2.30. The van der Waals surface area contributed by atoms with Crippen LogP contribution in [0.3, 0.4) is 0 Å². The number of aliphatic hydroxyl groups excluding tert-OH is 1. The molecule has 0 aliphatic carbocycles. The highest BCUT2D eigenvalue weighted by Gasteiger charge is 2.26. The molecule has 1 amide bonds. The maximum atomic E-state index is 13.0. The zero-order valence-corrected chi connectivity index (χ0v) is 25.6. The Morgan fingerprint density at radius 2 is 1.43 bits per heavy atom. The molecule has 2 aromatic carbocycles. The normalized spacial score (nSPS) is 13.8. The molecular weight excluding hydrogens is 524 g/mol. The largest absolute Gasteiger partial charge is 0.486 e. The number of carbonyl (C=O) groups excluding carboxylic acids is 1. The summed E-state index contributed by atoms with van der Waals surface area (Å²) in [6.07, 6.45) is 16.3. The molecular formula is C36H62N2O4. The Morgan fingerprint density at radius 3 is 2.05 bits per heavy atom. The number of rotatable bonds is 21. The van der Waals surface area contributed by atoms with Crippen molar-refractivity contribution in [3.8, 4) is 11.5 Å². The van der Waals surface area contributed by atoms with Crippen LogP contribution in [0.4, 0.5) is 0 Å². The Labute approximate surface area is 259 Å². The van der Waals surface area contributed by atoms with E-state index in [1.807, 2.05) is 43.4 Å². The molecule has 1 aliphatic heterocycles. The van der Waals surface area contributed by atoms with E-state index in [4.69, 9.17) is 9.47 Å². The quantitative estimate of drug-likeness (QED) is 0.143. The summed E-state index contributed by atoms with van der Waals surface area (Å²) in [4.78, 5) is 15.1. The van der Waals surface area contributed by atoms with Crippen molar-refractivity contribution in [3.63, 3.8) is 0 Å². The van der Waals surface area contributed by atoms with E-state index in [0.717, 1.165) is 19.4 Å². The van der Waals surface area contributed by atoms with Crippen LogP contribution in [-0.2, 0) is 11.3 Å². The molecule has 6 heteroatoms. The summed E-state index contributed by atoms with van der Waals surface area (Å²) in [5.74, 6) is 1.33. The molecule has 0 aromatic heterocycles. The third kappa shape index (κ3) is 13.6. The molecule has 2 atom stereocenters. The number of hydrogen-bond acceptors (Lipinski definition) is 5. The number of unbranched alkanes of at least 4 members (excludes halogenated alkanes) is 12. The van der Waals surface area contributed by atoms with Crippen molar-refractivity contribution in [2.45, 2.75) is 123 Å². The smallest absolute Gasteiger partial charge is 0.220 e. The van der Waals surface area contributed by atoms with Crippen molar-refractivity contribution in [1.29, 1.82) is 0 Å². The summed E-state index contributed by atoms with van der Waals surface area (Å²) in [7, 11) is 2.02. The van der Waals surface area contributed by atoms with Crippen LogP contribution < -0.4 is 14.8 Å². The van der Waals surface area contributed by atoms with E-state index in [9.17, 15) is 9.90 Å². The van der Waals surface area contributed by atoms with Crippen molar-refractivity contribution in [2.75, 3.05) is 26.8 Å². The van der Waals surface area contributed by atoms with Crippen molar-refractivity contribution in [3.05, 3.63) is 59.7 Å². The van der Waals surface area contributed by atoms with Crippen LogP contribution >= 0.6 is 0 Å². The molecule has 0 saturated heterocycles. The molecule has 1 heterocycles. The van der Waals surface area contributed by atoms with E-state index in [0.29, 0.717) is 43.2 Å². The summed E-state index contributed by atoms with van der Waals surface area (Å²) in [5, 5.41) is 14.5. The fourth-order valence-corrected chi connectivity index (χ4v) is 5.58.